The van der Waals surface area contributed by atoms with Crippen molar-refractivity contribution >= 4 is 15.9 Å². The summed E-state index contributed by atoms with van der Waals surface area (Å²) < 4.78 is 18.9. The maximum absolute atomic E-state index is 12.8. The minimum Gasteiger partial charge on any atom is -0.485 e. The molecular formula is C10H10BrFO. The van der Waals surface area contributed by atoms with Crippen LogP contribution in [0.1, 0.15) is 6.92 Å². The van der Waals surface area contributed by atoms with Gasteiger partial charge in [-0.05, 0) is 35.0 Å². The van der Waals surface area contributed by atoms with Gasteiger partial charge < -0.3 is 4.74 Å². The summed E-state index contributed by atoms with van der Waals surface area (Å²) in [6.45, 7) is 5.41. The average Bonchev–Trinajstić information content (AvgIpc) is 2.11. The van der Waals surface area contributed by atoms with E-state index in [2.05, 4.69) is 22.5 Å². The zero-order valence-corrected chi connectivity index (χ0v) is 8.84. The quantitative estimate of drug-likeness (QED) is 0.740. The highest BCUT2D eigenvalue weighted by molar-refractivity contribution is 9.10. The molecule has 1 aromatic carbocycles. The molecule has 0 saturated heterocycles. The normalized spacial score (nSPS) is 12.2. The highest BCUT2D eigenvalue weighted by atomic mass is 79.9. The Morgan fingerprint density at radius 1 is 1.62 bits per heavy atom. The van der Waals surface area contributed by atoms with Gasteiger partial charge in [-0.15, -0.1) is 0 Å². The van der Waals surface area contributed by atoms with Gasteiger partial charge in [-0.2, -0.15) is 0 Å². The second-order valence-corrected chi connectivity index (χ2v) is 3.49. The topological polar surface area (TPSA) is 9.23 Å². The maximum Gasteiger partial charge on any atom is 0.137 e. The Morgan fingerprint density at radius 3 is 2.92 bits per heavy atom. The van der Waals surface area contributed by atoms with Crippen LogP contribution in [0.25, 0.3) is 0 Å². The second kappa shape index (κ2) is 4.42. The van der Waals surface area contributed by atoms with Crippen molar-refractivity contribution in [1.29, 1.82) is 0 Å². The lowest BCUT2D eigenvalue weighted by atomic mass is 10.3. The SMILES string of the molecule is C=CC(C)Oc1cc(F)ccc1Br. The molecule has 0 aromatic heterocycles. The molecule has 0 radical (unpaired) electrons. The van der Waals surface area contributed by atoms with E-state index in [1.807, 2.05) is 6.92 Å². The van der Waals surface area contributed by atoms with E-state index in [0.29, 0.717) is 5.75 Å². The molecule has 1 rings (SSSR count). The zero-order chi connectivity index (χ0) is 9.84. The van der Waals surface area contributed by atoms with Gasteiger partial charge in [0.25, 0.3) is 0 Å². The van der Waals surface area contributed by atoms with E-state index in [1.165, 1.54) is 12.1 Å². The molecule has 0 spiro atoms. The first-order chi connectivity index (χ1) is 6.13. The molecule has 0 saturated carbocycles. The van der Waals surface area contributed by atoms with Crippen molar-refractivity contribution in [3.8, 4) is 5.75 Å². The lowest BCUT2D eigenvalue weighted by Crippen LogP contribution is -2.07. The van der Waals surface area contributed by atoms with Gasteiger partial charge in [0.15, 0.2) is 0 Å². The van der Waals surface area contributed by atoms with Crippen molar-refractivity contribution in [3.05, 3.63) is 41.1 Å². The molecule has 1 aromatic rings. The number of ether oxygens (including phenoxy) is 1. The predicted octanol–water partition coefficient (Wildman–Crippen LogP) is 3.54. The van der Waals surface area contributed by atoms with Crippen molar-refractivity contribution in [2.24, 2.45) is 0 Å². The molecule has 0 aliphatic heterocycles. The first-order valence-electron chi connectivity index (χ1n) is 3.87. The average molecular weight is 245 g/mol. The largest absolute Gasteiger partial charge is 0.485 e. The van der Waals surface area contributed by atoms with Gasteiger partial charge in [-0.25, -0.2) is 4.39 Å². The standard InChI is InChI=1S/C10H10BrFO/c1-3-7(2)13-10-6-8(12)4-5-9(10)11/h3-7H,1H2,2H3. The molecule has 0 bridgehead atoms. The fraction of sp³-hybridized carbons (Fsp3) is 0.200. The highest BCUT2D eigenvalue weighted by Crippen LogP contribution is 2.26. The third-order valence-electron chi connectivity index (χ3n) is 1.54. The van der Waals surface area contributed by atoms with Gasteiger partial charge in [0.05, 0.1) is 4.47 Å². The third kappa shape index (κ3) is 2.84. The van der Waals surface area contributed by atoms with Gasteiger partial charge >= 0.3 is 0 Å². The number of hydrogen-bond acceptors (Lipinski definition) is 1. The van der Waals surface area contributed by atoms with Crippen molar-refractivity contribution in [1.82, 2.24) is 0 Å². The van der Waals surface area contributed by atoms with Crippen molar-refractivity contribution in [3.63, 3.8) is 0 Å². The Morgan fingerprint density at radius 2 is 2.31 bits per heavy atom. The van der Waals surface area contributed by atoms with Gasteiger partial charge in [-0.1, -0.05) is 12.7 Å². The number of benzene rings is 1. The third-order valence-corrected chi connectivity index (χ3v) is 2.19. The van der Waals surface area contributed by atoms with E-state index in [0.717, 1.165) is 4.47 Å². The highest BCUT2D eigenvalue weighted by Gasteiger charge is 2.04. The Labute approximate surface area is 85.3 Å². The molecule has 0 fully saturated rings. The van der Waals surface area contributed by atoms with Crippen molar-refractivity contribution < 1.29 is 9.13 Å². The molecule has 3 heteroatoms. The van der Waals surface area contributed by atoms with Crippen LogP contribution in [-0.2, 0) is 0 Å². The summed E-state index contributed by atoms with van der Waals surface area (Å²) in [5.41, 5.74) is 0. The van der Waals surface area contributed by atoms with Crippen LogP contribution in [0.5, 0.6) is 5.75 Å². The molecule has 0 N–H and O–H groups in total. The van der Waals surface area contributed by atoms with E-state index in [4.69, 9.17) is 4.74 Å². The smallest absolute Gasteiger partial charge is 0.137 e. The monoisotopic (exact) mass is 244 g/mol. The summed E-state index contributed by atoms with van der Waals surface area (Å²) in [6.07, 6.45) is 1.52. The van der Waals surface area contributed by atoms with Crippen LogP contribution in [-0.4, -0.2) is 6.10 Å². The predicted molar refractivity (Wildman–Crippen MR) is 54.4 cm³/mol. The molecule has 70 valence electrons. The maximum atomic E-state index is 12.8. The Hall–Kier alpha value is -0.830. The molecule has 13 heavy (non-hydrogen) atoms. The van der Waals surface area contributed by atoms with Gasteiger partial charge in [0, 0.05) is 6.07 Å². The van der Waals surface area contributed by atoms with E-state index in [1.54, 1.807) is 12.1 Å². The van der Waals surface area contributed by atoms with Crippen LogP contribution in [0.4, 0.5) is 4.39 Å². The van der Waals surface area contributed by atoms with Crippen LogP contribution in [0, 0.1) is 5.82 Å². The number of halogens is 2. The first kappa shape index (κ1) is 10.3. The summed E-state index contributed by atoms with van der Waals surface area (Å²) in [7, 11) is 0. The van der Waals surface area contributed by atoms with Crippen LogP contribution < -0.4 is 4.74 Å². The summed E-state index contributed by atoms with van der Waals surface area (Å²) in [4.78, 5) is 0. The molecular weight excluding hydrogens is 235 g/mol. The molecule has 0 aliphatic carbocycles. The minimum atomic E-state index is -0.311. The molecule has 1 atom stereocenters. The number of hydrogen-bond donors (Lipinski definition) is 0. The van der Waals surface area contributed by atoms with Crippen LogP contribution in [0.2, 0.25) is 0 Å². The Bertz CT molecular complexity index is 312. The lowest BCUT2D eigenvalue weighted by Gasteiger charge is -2.11. The summed E-state index contributed by atoms with van der Waals surface area (Å²) in [5.74, 6) is 0.182. The first-order valence-corrected chi connectivity index (χ1v) is 4.67. The van der Waals surface area contributed by atoms with E-state index in [-0.39, 0.29) is 11.9 Å². The minimum absolute atomic E-state index is 0.127. The fourth-order valence-corrected chi connectivity index (χ4v) is 1.16. The van der Waals surface area contributed by atoms with Crippen LogP contribution >= 0.6 is 15.9 Å². The van der Waals surface area contributed by atoms with Gasteiger partial charge in [0.1, 0.15) is 17.7 Å². The van der Waals surface area contributed by atoms with Crippen LogP contribution in [0.15, 0.2) is 35.3 Å². The lowest BCUT2D eigenvalue weighted by molar-refractivity contribution is 0.267. The molecule has 1 unspecified atom stereocenters. The zero-order valence-electron chi connectivity index (χ0n) is 7.26. The van der Waals surface area contributed by atoms with E-state index in [9.17, 15) is 4.39 Å². The van der Waals surface area contributed by atoms with Crippen molar-refractivity contribution in [2.75, 3.05) is 0 Å². The van der Waals surface area contributed by atoms with E-state index < -0.39 is 0 Å². The molecule has 0 heterocycles. The molecule has 0 aliphatic rings. The van der Waals surface area contributed by atoms with Crippen molar-refractivity contribution in [2.45, 2.75) is 13.0 Å². The van der Waals surface area contributed by atoms with Gasteiger partial charge in [0.2, 0.25) is 0 Å². The van der Waals surface area contributed by atoms with Crippen LogP contribution in [0.3, 0.4) is 0 Å². The molecule has 1 nitrogen and oxygen atoms in total. The Balaban J connectivity index is 2.86. The fourth-order valence-electron chi connectivity index (χ4n) is 0.816. The second-order valence-electron chi connectivity index (χ2n) is 2.63. The van der Waals surface area contributed by atoms with Gasteiger partial charge in [-0.3, -0.25) is 0 Å². The Kier molecular flexibility index (Phi) is 3.48. The summed E-state index contributed by atoms with van der Waals surface area (Å²) >= 11 is 3.26. The summed E-state index contributed by atoms with van der Waals surface area (Å²) in [5, 5.41) is 0. The summed E-state index contributed by atoms with van der Waals surface area (Å²) in [6, 6.07) is 4.32. The van der Waals surface area contributed by atoms with E-state index >= 15 is 0 Å². The molecule has 0 amide bonds. The number of rotatable bonds is 3.